The maximum atomic E-state index is 13.5. The number of fused-ring (bicyclic) bond motifs is 6. The van der Waals surface area contributed by atoms with Gasteiger partial charge in [0.25, 0.3) is 5.91 Å². The zero-order valence-corrected chi connectivity index (χ0v) is 54.2. The molecule has 6 N–H and O–H groups in total. The van der Waals surface area contributed by atoms with Crippen LogP contribution in [0.25, 0.3) is 11.1 Å². The fourth-order valence-electron chi connectivity index (χ4n) is 11.8. The number of benzene rings is 4. The van der Waals surface area contributed by atoms with E-state index in [0.717, 1.165) is 79.5 Å². The van der Waals surface area contributed by atoms with E-state index in [9.17, 15) is 19.2 Å². The minimum absolute atomic E-state index is 0. The van der Waals surface area contributed by atoms with Crippen molar-refractivity contribution in [2.24, 2.45) is 0 Å². The van der Waals surface area contributed by atoms with E-state index in [-0.39, 0.29) is 68.1 Å². The number of carboxylic acid groups (broad SMARTS) is 1. The molecule has 4 aliphatic heterocycles. The Morgan fingerprint density at radius 1 is 0.616 bits per heavy atom. The van der Waals surface area contributed by atoms with Crippen LogP contribution in [0, 0.1) is 31.1 Å². The van der Waals surface area contributed by atoms with E-state index in [1.165, 1.54) is 53.8 Å². The van der Waals surface area contributed by atoms with Crippen LogP contribution in [0.2, 0.25) is 10.0 Å². The Hall–Kier alpha value is -6.74. The van der Waals surface area contributed by atoms with E-state index in [1.54, 1.807) is 57.4 Å². The fraction of sp³-hybridized carbons (Fsp3) is 0.385. The van der Waals surface area contributed by atoms with Crippen LogP contribution in [0.1, 0.15) is 155 Å². The normalized spacial score (nSPS) is 20.2. The molecule has 6 aliphatic rings. The van der Waals surface area contributed by atoms with Gasteiger partial charge in [0.15, 0.2) is 0 Å². The predicted molar refractivity (Wildman–Crippen MR) is 338 cm³/mol. The zero-order chi connectivity index (χ0) is 60.6. The summed E-state index contributed by atoms with van der Waals surface area (Å²) in [6.07, 6.45) is 17.0. The molecule has 86 heavy (non-hydrogen) atoms. The number of amides is 3. The molecule has 4 bridgehead atoms. The number of carbonyl (C=O) groups is 4. The first-order valence-electron chi connectivity index (χ1n) is 28.9. The quantitative estimate of drug-likeness (QED) is 0.0703. The summed E-state index contributed by atoms with van der Waals surface area (Å²) in [5, 5.41) is 25.8. The first-order chi connectivity index (χ1) is 40.7. The summed E-state index contributed by atoms with van der Waals surface area (Å²) in [4.78, 5) is 68.2. The van der Waals surface area contributed by atoms with Crippen LogP contribution in [0.4, 0.5) is 32.9 Å². The van der Waals surface area contributed by atoms with E-state index in [0.29, 0.717) is 57.0 Å². The number of nitrogens with zero attached hydrogens (tertiary/aromatic N) is 5. The Morgan fingerprint density at radius 2 is 1.02 bits per heavy atom. The van der Waals surface area contributed by atoms with Crippen LogP contribution in [0.3, 0.4) is 0 Å². The average molecular weight is 1430 g/mol. The molecule has 0 spiro atoms. The Labute approximate surface area is 541 Å². The number of hydrogen-bond donors (Lipinski definition) is 6. The van der Waals surface area contributed by atoms with Crippen molar-refractivity contribution in [1.29, 1.82) is 1.34 Å². The second kappa shape index (κ2) is 28.8. The Balaban J connectivity index is 0.000000200. The number of carbonyl (C=O) groups excluding carboxylic acids is 3. The van der Waals surface area contributed by atoms with Crippen molar-refractivity contribution in [3.05, 3.63) is 176 Å². The van der Waals surface area contributed by atoms with E-state index in [1.807, 2.05) is 31.7 Å². The third kappa shape index (κ3) is 16.9. The molecule has 0 saturated carbocycles. The summed E-state index contributed by atoms with van der Waals surface area (Å²) in [5.74, 6) is 0.272. The van der Waals surface area contributed by atoms with Gasteiger partial charge < -0.3 is 35.4 Å². The maximum absolute atomic E-state index is 13.5. The Bertz CT molecular complexity index is 3450. The SMILES string of the molecule is C.CC(C)(C)OC(=O)Nc1ccc(C(=O)N2[C@@H]3CC[C@H]2CC(Nc2ncc(Cl)c(C4=CCc5ccccc54)n2)C3)cc1.CC(C)(C)OC(=O)Nc1ccc(C(=O)O)cc1.Clc1cnc(NC2C[C@H]3CC[C@@H](C2)N3)nc1C1=CCc2ccccc21.[3H][B].[U]. The molecular weight excluding hydrogens is 1350 g/mol. The van der Waals surface area contributed by atoms with Gasteiger partial charge in [-0.05, 0) is 178 Å². The van der Waals surface area contributed by atoms with Crippen molar-refractivity contribution in [2.75, 3.05) is 21.3 Å². The van der Waals surface area contributed by atoms with Crippen LogP contribution in [-0.4, -0.2) is 111 Å². The van der Waals surface area contributed by atoms with Crippen LogP contribution < -0.4 is 26.6 Å². The van der Waals surface area contributed by atoms with Crippen LogP contribution in [0.5, 0.6) is 0 Å². The van der Waals surface area contributed by atoms with Crippen molar-refractivity contribution in [3.8, 4) is 0 Å². The monoisotopic (exact) mass is 1430 g/mol. The van der Waals surface area contributed by atoms with Gasteiger partial charge in [-0.1, -0.05) is 91.3 Å². The third-order valence-electron chi connectivity index (χ3n) is 15.3. The standard InChI is InChI=1S/C32H34ClN5O3.C20H21ClN4.C12H15NO4.CH4.BH.U/c1-32(2,3)41-31(40)36-21-11-8-20(9-12-21)29(39)38-23-13-14-24(38)17-22(16-23)35-30-34-18-27(33)28(37-30)26-15-10-19-6-4-5-7-25(19)26;21-18-11-22-20(24-15-9-13-6-7-14(10-15)23-13)25-19(18)17-8-5-12-3-1-2-4-16(12)17;1-12(2,3)17-11(16)13-9-6-4-8(5-7-9)10(14)15;;;/h4-9,11-12,15,18,22-24H,10,13-14,16-17H2,1-3H3,(H,36,40)(H,34,35,37);1-4,8,11,13-15,23H,5-7,9-10H2,(H,22,24,25);4-7H,1-3H3,(H,13,16)(H,14,15);1H4;1H;/t22?,23-,24+;13-,14+,15?;;;;/i;;;;1T;. The van der Waals surface area contributed by atoms with E-state index >= 15 is 0 Å². The molecule has 4 fully saturated rings. The zero-order valence-electron chi connectivity index (χ0n) is 49.5. The van der Waals surface area contributed by atoms with E-state index in [2.05, 4.69) is 99.5 Å². The van der Waals surface area contributed by atoms with E-state index < -0.39 is 29.4 Å². The van der Waals surface area contributed by atoms with Gasteiger partial charge in [0.2, 0.25) is 11.9 Å². The minimum atomic E-state index is -1.01. The van der Waals surface area contributed by atoms with Gasteiger partial charge in [0.1, 0.15) is 11.2 Å². The summed E-state index contributed by atoms with van der Waals surface area (Å²) in [7, 11) is 3.75. The number of ether oxygens (including phenoxy) is 2. The third-order valence-corrected chi connectivity index (χ3v) is 15.9. The second-order valence-corrected chi connectivity index (χ2v) is 24.6. The molecule has 448 valence electrons. The Kier molecular flexibility index (Phi) is 21.9. The second-order valence-electron chi connectivity index (χ2n) is 23.8. The number of aromatic nitrogens is 4. The topological polar surface area (TPSA) is 222 Å². The molecule has 6 aromatic rings. The van der Waals surface area contributed by atoms with Crippen molar-refractivity contribution in [2.45, 2.75) is 161 Å². The number of hydrogen-bond acceptors (Lipinski definition) is 13. The van der Waals surface area contributed by atoms with Gasteiger partial charge in [-0.3, -0.25) is 15.4 Å². The average Bonchev–Trinajstić information content (AvgIpc) is 1.93. The predicted octanol–water partition coefficient (Wildman–Crippen LogP) is 13.2. The summed E-state index contributed by atoms with van der Waals surface area (Å²) < 4.78 is 15.6. The fourth-order valence-corrected chi connectivity index (χ4v) is 12.2. The van der Waals surface area contributed by atoms with Crippen molar-refractivity contribution in [3.63, 3.8) is 0 Å². The van der Waals surface area contributed by atoms with Crippen molar-refractivity contribution >= 4 is 90.1 Å². The molecule has 2 unspecified atom stereocenters. The molecule has 17 nitrogen and oxygen atoms in total. The molecule has 2 aliphatic carbocycles. The van der Waals surface area contributed by atoms with Gasteiger partial charge >= 0.3 is 18.2 Å². The first-order valence-corrected chi connectivity index (χ1v) is 29.1. The molecule has 21 heteroatoms. The van der Waals surface area contributed by atoms with Crippen molar-refractivity contribution < 1.29 is 64.9 Å². The van der Waals surface area contributed by atoms with Gasteiger partial charge in [0.05, 0.1) is 39.4 Å². The van der Waals surface area contributed by atoms with Gasteiger partial charge in [0, 0.05) is 104 Å². The number of rotatable bonds is 10. The number of piperidine rings is 2. The molecule has 2 radical (unpaired) electrons. The van der Waals surface area contributed by atoms with Gasteiger partial charge in [-0.2, -0.15) is 0 Å². The summed E-state index contributed by atoms with van der Waals surface area (Å²) >= 11 is 13.0. The summed E-state index contributed by atoms with van der Waals surface area (Å²) in [6, 6.07) is 31.8. The molecule has 2 aromatic heterocycles. The number of allylic oxidation sites excluding steroid dienone is 2. The smallest absolute Gasteiger partial charge is 0.412 e. The maximum Gasteiger partial charge on any atom is 0.412 e. The number of halogens is 2. The molecule has 4 saturated heterocycles. The van der Waals surface area contributed by atoms with Crippen LogP contribution >= 0.6 is 23.2 Å². The Morgan fingerprint density at radius 3 is 1.44 bits per heavy atom. The number of aromatic carboxylic acids is 1. The van der Waals surface area contributed by atoms with Gasteiger partial charge in [-0.15, -0.1) is 0 Å². The molecular formula is C65H75BCl2N10O7U. The van der Waals surface area contributed by atoms with Crippen LogP contribution in [0.15, 0.2) is 122 Å². The summed E-state index contributed by atoms with van der Waals surface area (Å²) in [6.45, 7) is 10.7. The molecule has 6 heterocycles. The number of anilines is 4. The number of nitrogens with one attached hydrogen (secondary N) is 5. The number of carboxylic acids is 1. The van der Waals surface area contributed by atoms with Crippen LogP contribution in [-0.2, 0) is 22.3 Å². The van der Waals surface area contributed by atoms with Crippen molar-refractivity contribution in [1.82, 2.24) is 30.2 Å². The molecule has 4 aromatic carbocycles. The molecule has 12 rings (SSSR count). The van der Waals surface area contributed by atoms with Gasteiger partial charge in [-0.25, -0.2) is 34.3 Å². The first kappa shape index (κ1) is 65.2. The molecule has 6 atom stereocenters. The van der Waals surface area contributed by atoms with E-state index in [4.69, 9.17) is 49.1 Å². The largest absolute Gasteiger partial charge is 0.478 e. The summed E-state index contributed by atoms with van der Waals surface area (Å²) in [5.41, 5.74) is 9.45. The molecule has 3 amide bonds. The minimum Gasteiger partial charge on any atom is -0.478 e.